The minimum absolute atomic E-state index is 0.0357. The minimum Gasteiger partial charge on any atom is -0.353 e. The predicted octanol–water partition coefficient (Wildman–Crippen LogP) is 4.28. The van der Waals surface area contributed by atoms with Gasteiger partial charge in [0.25, 0.3) is 10.0 Å². The molecule has 0 saturated heterocycles. The van der Waals surface area contributed by atoms with Gasteiger partial charge in [0.05, 0.1) is 17.0 Å². The first-order chi connectivity index (χ1) is 14.0. The molecular weight excluding hydrogens is 384 g/mol. The van der Waals surface area contributed by atoms with Crippen LogP contribution in [0.3, 0.4) is 0 Å². The summed E-state index contributed by atoms with van der Waals surface area (Å²) in [5.41, 5.74) is 1.45. The van der Waals surface area contributed by atoms with E-state index in [2.05, 4.69) is 5.32 Å². The first kappa shape index (κ1) is 21.4. The van der Waals surface area contributed by atoms with Gasteiger partial charge >= 0.3 is 0 Å². The van der Waals surface area contributed by atoms with Gasteiger partial charge in [-0.3, -0.25) is 9.10 Å². The molecule has 0 atom stereocenters. The maximum absolute atomic E-state index is 12.7. The van der Waals surface area contributed by atoms with Crippen LogP contribution in [0.15, 0.2) is 59.5 Å². The molecule has 1 saturated carbocycles. The van der Waals surface area contributed by atoms with Gasteiger partial charge in [-0.05, 0) is 42.7 Å². The van der Waals surface area contributed by atoms with Crippen LogP contribution in [0, 0.1) is 0 Å². The van der Waals surface area contributed by atoms with Crippen LogP contribution in [0.25, 0.3) is 0 Å². The molecule has 0 heterocycles. The molecule has 1 amide bonds. The van der Waals surface area contributed by atoms with E-state index >= 15 is 0 Å². The summed E-state index contributed by atoms with van der Waals surface area (Å²) < 4.78 is 26.7. The largest absolute Gasteiger partial charge is 0.353 e. The van der Waals surface area contributed by atoms with Crippen LogP contribution in [-0.2, 0) is 21.2 Å². The third-order valence-corrected chi connectivity index (χ3v) is 7.34. The van der Waals surface area contributed by atoms with Crippen LogP contribution in [0.4, 0.5) is 5.69 Å². The summed E-state index contributed by atoms with van der Waals surface area (Å²) in [5.74, 6) is 0.0357. The number of nitrogens with one attached hydrogen (secondary N) is 1. The van der Waals surface area contributed by atoms with Crippen molar-refractivity contribution in [3.63, 3.8) is 0 Å². The van der Waals surface area contributed by atoms with Crippen molar-refractivity contribution in [2.24, 2.45) is 0 Å². The van der Waals surface area contributed by atoms with Gasteiger partial charge in [0.15, 0.2) is 0 Å². The molecule has 1 N–H and O–H groups in total. The molecule has 2 aromatic rings. The topological polar surface area (TPSA) is 66.5 Å². The highest BCUT2D eigenvalue weighted by Gasteiger charge is 2.21. The fraction of sp³-hybridized carbons (Fsp3) is 0.435. The van der Waals surface area contributed by atoms with E-state index in [1.165, 1.54) is 36.4 Å². The SMILES string of the molecule is CN(c1ccc(CC(=O)NC2CCCCCCC2)cc1)S(=O)(=O)c1ccccc1. The number of carbonyl (C=O) groups excluding carboxylic acids is 1. The Hall–Kier alpha value is -2.34. The lowest BCUT2D eigenvalue weighted by molar-refractivity contribution is -0.121. The van der Waals surface area contributed by atoms with Gasteiger partial charge in [0.2, 0.25) is 5.91 Å². The van der Waals surface area contributed by atoms with Crippen LogP contribution in [-0.4, -0.2) is 27.4 Å². The van der Waals surface area contributed by atoms with Crippen molar-refractivity contribution in [2.45, 2.75) is 62.3 Å². The lowest BCUT2D eigenvalue weighted by Gasteiger charge is -2.21. The maximum atomic E-state index is 12.7. The quantitative estimate of drug-likeness (QED) is 0.767. The van der Waals surface area contributed by atoms with Gasteiger partial charge in [0, 0.05) is 13.1 Å². The number of nitrogens with zero attached hydrogens (tertiary/aromatic N) is 1. The molecule has 2 aromatic carbocycles. The molecule has 1 aliphatic rings. The summed E-state index contributed by atoms with van der Waals surface area (Å²) in [5, 5.41) is 3.17. The number of hydrogen-bond acceptors (Lipinski definition) is 3. The second kappa shape index (κ2) is 9.92. The molecular formula is C23H30N2O3S. The molecule has 0 unspecified atom stereocenters. The lowest BCUT2D eigenvalue weighted by Crippen LogP contribution is -2.36. The molecule has 0 radical (unpaired) electrons. The normalized spacial score (nSPS) is 15.9. The zero-order valence-corrected chi connectivity index (χ0v) is 17.8. The zero-order valence-electron chi connectivity index (χ0n) is 17.0. The van der Waals surface area contributed by atoms with Crippen molar-refractivity contribution in [3.05, 3.63) is 60.2 Å². The van der Waals surface area contributed by atoms with Gasteiger partial charge in [-0.1, -0.05) is 62.4 Å². The van der Waals surface area contributed by atoms with E-state index in [1.54, 1.807) is 49.5 Å². The Morgan fingerprint density at radius 2 is 1.52 bits per heavy atom. The summed E-state index contributed by atoms with van der Waals surface area (Å²) in [7, 11) is -2.06. The Balaban J connectivity index is 1.60. The van der Waals surface area contributed by atoms with Gasteiger partial charge < -0.3 is 5.32 Å². The Bertz CT molecular complexity index is 887. The number of hydrogen-bond donors (Lipinski definition) is 1. The molecule has 5 nitrogen and oxygen atoms in total. The summed E-state index contributed by atoms with van der Waals surface area (Å²) in [6.07, 6.45) is 8.62. The van der Waals surface area contributed by atoms with E-state index < -0.39 is 10.0 Å². The van der Waals surface area contributed by atoms with Crippen molar-refractivity contribution in [1.29, 1.82) is 0 Å². The van der Waals surface area contributed by atoms with Crippen LogP contribution < -0.4 is 9.62 Å². The van der Waals surface area contributed by atoms with E-state index in [4.69, 9.17) is 0 Å². The van der Waals surface area contributed by atoms with Crippen LogP contribution in [0.1, 0.15) is 50.5 Å². The molecule has 0 aliphatic heterocycles. The van der Waals surface area contributed by atoms with Crippen molar-refractivity contribution in [2.75, 3.05) is 11.4 Å². The molecule has 0 spiro atoms. The summed E-state index contributed by atoms with van der Waals surface area (Å²) in [6.45, 7) is 0. The number of amides is 1. The number of carbonyl (C=O) groups is 1. The smallest absolute Gasteiger partial charge is 0.264 e. The third kappa shape index (κ3) is 5.82. The van der Waals surface area contributed by atoms with E-state index in [1.807, 2.05) is 12.1 Å². The van der Waals surface area contributed by atoms with Gasteiger partial charge in [-0.15, -0.1) is 0 Å². The molecule has 1 fully saturated rings. The fourth-order valence-corrected chi connectivity index (χ4v) is 4.99. The highest BCUT2D eigenvalue weighted by molar-refractivity contribution is 7.92. The minimum atomic E-state index is -3.60. The second-order valence-electron chi connectivity index (χ2n) is 7.74. The van der Waals surface area contributed by atoms with E-state index in [0.717, 1.165) is 18.4 Å². The summed E-state index contributed by atoms with van der Waals surface area (Å²) in [6, 6.07) is 15.8. The van der Waals surface area contributed by atoms with E-state index in [0.29, 0.717) is 12.1 Å². The highest BCUT2D eigenvalue weighted by Crippen LogP contribution is 2.22. The standard InChI is InChI=1S/C23H30N2O3S/c1-25(29(27,28)22-12-8-5-9-13-22)21-16-14-19(15-17-21)18-23(26)24-20-10-6-3-2-4-7-11-20/h5,8-9,12-17,20H,2-4,6-7,10-11,18H2,1H3,(H,24,26). The Morgan fingerprint density at radius 3 is 2.14 bits per heavy atom. The lowest BCUT2D eigenvalue weighted by atomic mass is 9.96. The molecule has 1 aliphatic carbocycles. The van der Waals surface area contributed by atoms with Gasteiger partial charge in [-0.2, -0.15) is 0 Å². The first-order valence-corrected chi connectivity index (χ1v) is 11.8. The fourth-order valence-electron chi connectivity index (χ4n) is 3.78. The zero-order chi connectivity index (χ0) is 20.7. The van der Waals surface area contributed by atoms with Crippen LogP contribution in [0.2, 0.25) is 0 Å². The summed E-state index contributed by atoms with van der Waals surface area (Å²) in [4.78, 5) is 12.7. The van der Waals surface area contributed by atoms with Gasteiger partial charge in [-0.25, -0.2) is 8.42 Å². The third-order valence-electron chi connectivity index (χ3n) is 5.54. The molecule has 29 heavy (non-hydrogen) atoms. The Labute approximate surface area is 174 Å². The molecule has 6 heteroatoms. The summed E-state index contributed by atoms with van der Waals surface area (Å²) >= 11 is 0. The number of sulfonamides is 1. The monoisotopic (exact) mass is 414 g/mol. The number of rotatable bonds is 6. The highest BCUT2D eigenvalue weighted by atomic mass is 32.2. The van der Waals surface area contributed by atoms with E-state index in [9.17, 15) is 13.2 Å². The predicted molar refractivity (Wildman–Crippen MR) is 116 cm³/mol. The number of anilines is 1. The van der Waals surface area contributed by atoms with Crippen molar-refractivity contribution in [1.82, 2.24) is 5.32 Å². The maximum Gasteiger partial charge on any atom is 0.264 e. The van der Waals surface area contributed by atoms with Crippen LogP contribution in [0.5, 0.6) is 0 Å². The van der Waals surface area contributed by atoms with E-state index in [-0.39, 0.29) is 16.8 Å². The van der Waals surface area contributed by atoms with Crippen molar-refractivity contribution < 1.29 is 13.2 Å². The average molecular weight is 415 g/mol. The van der Waals surface area contributed by atoms with Crippen molar-refractivity contribution >= 4 is 21.6 Å². The Morgan fingerprint density at radius 1 is 0.931 bits per heavy atom. The average Bonchev–Trinajstić information content (AvgIpc) is 2.70. The molecule has 3 rings (SSSR count). The van der Waals surface area contributed by atoms with Crippen molar-refractivity contribution in [3.8, 4) is 0 Å². The second-order valence-corrected chi connectivity index (χ2v) is 9.71. The van der Waals surface area contributed by atoms with Crippen LogP contribution >= 0.6 is 0 Å². The molecule has 0 bridgehead atoms. The van der Waals surface area contributed by atoms with Gasteiger partial charge in [0.1, 0.15) is 0 Å². The molecule has 0 aromatic heterocycles. The first-order valence-electron chi connectivity index (χ1n) is 10.4. The Kier molecular flexibility index (Phi) is 7.31. The molecule has 156 valence electrons. The number of benzene rings is 2.